The monoisotopic (exact) mass is 423 g/mol. The van der Waals surface area contributed by atoms with Crippen LogP contribution in [0.4, 0.5) is 11.4 Å². The fourth-order valence-electron chi connectivity index (χ4n) is 4.21. The molecule has 1 unspecified atom stereocenters. The number of hydrogen-bond donors (Lipinski definition) is 2. The Balaban J connectivity index is 1.44. The minimum Gasteiger partial charge on any atom is -0.378 e. The first kappa shape index (κ1) is 19.9. The van der Waals surface area contributed by atoms with Crippen molar-refractivity contribution in [3.8, 4) is 22.4 Å². The van der Waals surface area contributed by atoms with Crippen LogP contribution in [0, 0.1) is 0 Å². The number of aromatic amines is 1. The predicted molar refractivity (Wildman–Crippen MR) is 129 cm³/mol. The molecule has 0 saturated carbocycles. The molecular weight excluding hydrogens is 398 g/mol. The molecule has 0 aliphatic carbocycles. The first-order valence-corrected chi connectivity index (χ1v) is 10.6. The topological polar surface area (TPSA) is 64.3 Å². The highest BCUT2D eigenvalue weighted by Crippen LogP contribution is 2.35. The van der Waals surface area contributed by atoms with E-state index in [1.165, 1.54) is 11.3 Å². The van der Waals surface area contributed by atoms with Gasteiger partial charge < -0.3 is 15.1 Å². The molecular formula is C26H25N5O. The molecule has 1 aliphatic heterocycles. The summed E-state index contributed by atoms with van der Waals surface area (Å²) in [5, 5.41) is 10.5. The van der Waals surface area contributed by atoms with E-state index in [0.717, 1.165) is 28.1 Å². The number of anilines is 2. The van der Waals surface area contributed by atoms with Gasteiger partial charge in [0, 0.05) is 32.4 Å². The third kappa shape index (κ3) is 3.39. The summed E-state index contributed by atoms with van der Waals surface area (Å²) >= 11 is 0. The van der Waals surface area contributed by atoms with E-state index < -0.39 is 0 Å². The number of nitrogens with zero attached hydrogens (tertiary/aromatic N) is 3. The van der Waals surface area contributed by atoms with E-state index in [-0.39, 0.29) is 12.1 Å². The summed E-state index contributed by atoms with van der Waals surface area (Å²) < 4.78 is 0. The zero-order valence-electron chi connectivity index (χ0n) is 18.3. The average molecular weight is 424 g/mol. The van der Waals surface area contributed by atoms with Crippen molar-refractivity contribution in [1.29, 1.82) is 0 Å². The number of rotatable bonds is 4. The summed E-state index contributed by atoms with van der Waals surface area (Å²) in [5.74, 6) is -0.0765. The second kappa shape index (κ2) is 7.89. The van der Waals surface area contributed by atoms with Crippen LogP contribution in [0.5, 0.6) is 0 Å². The van der Waals surface area contributed by atoms with Gasteiger partial charge in [-0.3, -0.25) is 9.89 Å². The third-order valence-electron chi connectivity index (χ3n) is 6.04. The Morgan fingerprint density at radius 3 is 2.19 bits per heavy atom. The maximum absolute atomic E-state index is 12.7. The standard InChI is InChI=1S/C26H25N5O/c1-30(2)20-14-12-18(13-15-20)17-8-10-19(11-9-17)24-22(16-27-29-24)25-28-26(32)21-6-4-5-7-23(21)31(25)3/h4-16,25H,1-3H3,(H,27,29)(H,28,32). The van der Waals surface area contributed by atoms with Gasteiger partial charge >= 0.3 is 0 Å². The lowest BCUT2D eigenvalue weighted by Crippen LogP contribution is -2.44. The smallest absolute Gasteiger partial charge is 0.255 e. The van der Waals surface area contributed by atoms with E-state index in [1.54, 1.807) is 6.20 Å². The molecule has 32 heavy (non-hydrogen) atoms. The molecule has 6 heteroatoms. The highest BCUT2D eigenvalue weighted by atomic mass is 16.2. The number of benzene rings is 3. The number of hydrogen-bond acceptors (Lipinski definition) is 4. The van der Waals surface area contributed by atoms with Crippen molar-refractivity contribution in [2.24, 2.45) is 0 Å². The molecule has 0 saturated heterocycles. The van der Waals surface area contributed by atoms with Crippen LogP contribution < -0.4 is 15.1 Å². The van der Waals surface area contributed by atoms with Crippen molar-refractivity contribution >= 4 is 17.3 Å². The van der Waals surface area contributed by atoms with Gasteiger partial charge in [-0.2, -0.15) is 5.10 Å². The second-order valence-electron chi connectivity index (χ2n) is 8.22. The predicted octanol–water partition coefficient (Wildman–Crippen LogP) is 4.69. The highest BCUT2D eigenvalue weighted by molar-refractivity contribution is 6.02. The molecule has 160 valence electrons. The maximum Gasteiger partial charge on any atom is 0.255 e. The van der Waals surface area contributed by atoms with Crippen LogP contribution in [0.3, 0.4) is 0 Å². The summed E-state index contributed by atoms with van der Waals surface area (Å²) in [5.41, 5.74) is 7.93. The quantitative estimate of drug-likeness (QED) is 0.500. The summed E-state index contributed by atoms with van der Waals surface area (Å²) in [6.07, 6.45) is 1.49. The van der Waals surface area contributed by atoms with Gasteiger partial charge in [-0.25, -0.2) is 0 Å². The molecule has 2 heterocycles. The Morgan fingerprint density at radius 1 is 0.875 bits per heavy atom. The zero-order valence-corrected chi connectivity index (χ0v) is 18.3. The SMILES string of the molecule is CN(C)c1ccc(-c2ccc(-c3[nH]ncc3C3NC(=O)c4ccccc4N3C)cc2)cc1. The lowest BCUT2D eigenvalue weighted by atomic mass is 9.99. The van der Waals surface area contributed by atoms with Crippen molar-refractivity contribution < 1.29 is 4.79 Å². The molecule has 1 amide bonds. The molecule has 1 atom stereocenters. The summed E-state index contributed by atoms with van der Waals surface area (Å²) in [7, 11) is 6.06. The Morgan fingerprint density at radius 2 is 1.50 bits per heavy atom. The largest absolute Gasteiger partial charge is 0.378 e. The van der Waals surface area contributed by atoms with Gasteiger partial charge in [-0.1, -0.05) is 48.5 Å². The number of carbonyl (C=O) groups excluding carboxylic acids is 1. The highest BCUT2D eigenvalue weighted by Gasteiger charge is 2.31. The Bertz CT molecular complexity index is 1260. The van der Waals surface area contributed by atoms with E-state index in [4.69, 9.17) is 0 Å². The minimum atomic E-state index is -0.301. The number of nitrogens with one attached hydrogen (secondary N) is 2. The van der Waals surface area contributed by atoms with Crippen LogP contribution in [0.25, 0.3) is 22.4 Å². The van der Waals surface area contributed by atoms with Crippen molar-refractivity contribution in [1.82, 2.24) is 15.5 Å². The van der Waals surface area contributed by atoms with Crippen LogP contribution in [0.2, 0.25) is 0 Å². The molecule has 4 aromatic rings. The molecule has 0 fully saturated rings. The Labute approximate surface area is 187 Å². The number of H-pyrrole nitrogens is 1. The van der Waals surface area contributed by atoms with E-state index in [1.807, 2.05) is 45.4 Å². The van der Waals surface area contributed by atoms with Gasteiger partial charge in [-0.15, -0.1) is 0 Å². The number of aromatic nitrogens is 2. The van der Waals surface area contributed by atoms with Gasteiger partial charge in [0.1, 0.15) is 6.17 Å². The first-order valence-electron chi connectivity index (χ1n) is 10.6. The second-order valence-corrected chi connectivity index (χ2v) is 8.22. The third-order valence-corrected chi connectivity index (χ3v) is 6.04. The molecule has 3 aromatic carbocycles. The van der Waals surface area contributed by atoms with Crippen LogP contribution in [0.15, 0.2) is 79.0 Å². The Hall–Kier alpha value is -4.06. The van der Waals surface area contributed by atoms with Gasteiger partial charge in [-0.05, 0) is 41.0 Å². The van der Waals surface area contributed by atoms with Crippen molar-refractivity contribution in [3.63, 3.8) is 0 Å². The fraction of sp³-hybridized carbons (Fsp3) is 0.154. The van der Waals surface area contributed by atoms with E-state index in [0.29, 0.717) is 5.56 Å². The molecule has 6 nitrogen and oxygen atoms in total. The van der Waals surface area contributed by atoms with Crippen LogP contribution in [0.1, 0.15) is 22.1 Å². The van der Waals surface area contributed by atoms with Crippen LogP contribution >= 0.6 is 0 Å². The summed E-state index contributed by atoms with van der Waals surface area (Å²) in [4.78, 5) is 16.8. The molecule has 1 aliphatic rings. The summed E-state index contributed by atoms with van der Waals surface area (Å²) in [6.45, 7) is 0. The molecule has 0 bridgehead atoms. The van der Waals surface area contributed by atoms with Crippen molar-refractivity contribution in [2.75, 3.05) is 30.9 Å². The maximum atomic E-state index is 12.7. The van der Waals surface area contributed by atoms with Gasteiger partial charge in [0.25, 0.3) is 5.91 Å². The molecule has 0 radical (unpaired) electrons. The number of amides is 1. The fourth-order valence-corrected chi connectivity index (χ4v) is 4.21. The lowest BCUT2D eigenvalue weighted by Gasteiger charge is -2.36. The van der Waals surface area contributed by atoms with Crippen molar-refractivity contribution in [3.05, 3.63) is 90.1 Å². The van der Waals surface area contributed by atoms with Gasteiger partial charge in [0.05, 0.1) is 23.1 Å². The first-order chi connectivity index (χ1) is 15.5. The lowest BCUT2D eigenvalue weighted by molar-refractivity contribution is 0.0928. The molecule has 2 N–H and O–H groups in total. The average Bonchev–Trinajstić information content (AvgIpc) is 3.31. The van der Waals surface area contributed by atoms with E-state index in [2.05, 4.69) is 73.8 Å². The molecule has 1 aromatic heterocycles. The van der Waals surface area contributed by atoms with Crippen molar-refractivity contribution in [2.45, 2.75) is 6.17 Å². The minimum absolute atomic E-state index is 0.0765. The van der Waals surface area contributed by atoms with Crippen LogP contribution in [-0.4, -0.2) is 37.2 Å². The van der Waals surface area contributed by atoms with E-state index in [9.17, 15) is 4.79 Å². The zero-order chi connectivity index (χ0) is 22.2. The normalized spacial score (nSPS) is 15.3. The van der Waals surface area contributed by atoms with Gasteiger partial charge in [0.15, 0.2) is 0 Å². The van der Waals surface area contributed by atoms with E-state index >= 15 is 0 Å². The molecule has 0 spiro atoms. The van der Waals surface area contributed by atoms with Gasteiger partial charge in [0.2, 0.25) is 0 Å². The Kier molecular flexibility index (Phi) is 4.90. The molecule has 5 rings (SSSR count). The number of carbonyl (C=O) groups is 1. The number of para-hydroxylation sites is 1. The summed E-state index contributed by atoms with van der Waals surface area (Å²) in [6, 6.07) is 24.6. The number of fused-ring (bicyclic) bond motifs is 1. The van der Waals surface area contributed by atoms with Crippen LogP contribution in [-0.2, 0) is 0 Å².